The topological polar surface area (TPSA) is 79.6 Å². The van der Waals surface area contributed by atoms with E-state index in [0.29, 0.717) is 17.0 Å². The van der Waals surface area contributed by atoms with Gasteiger partial charge >= 0.3 is 0 Å². The van der Waals surface area contributed by atoms with Crippen molar-refractivity contribution in [2.75, 3.05) is 6.26 Å². The Morgan fingerprint density at radius 2 is 1.66 bits per heavy atom. The molecular formula is C29H28N2O3S. The molecule has 1 unspecified atom stereocenters. The SMILES string of the molecule is Cc1cc(/C(CC(c2cccc(-c3ccc(S(C)(=O)=O)cc3)c2)c2ccccc2C)=N\O)ccn1. The summed E-state index contributed by atoms with van der Waals surface area (Å²) in [6.45, 7) is 4.00. The smallest absolute Gasteiger partial charge is 0.175 e. The van der Waals surface area contributed by atoms with E-state index in [0.717, 1.165) is 39.1 Å². The first-order valence-corrected chi connectivity index (χ1v) is 13.3. The van der Waals surface area contributed by atoms with Crippen molar-refractivity contribution in [3.05, 3.63) is 119 Å². The molecule has 178 valence electrons. The van der Waals surface area contributed by atoms with Crippen LogP contribution in [0.3, 0.4) is 0 Å². The average Bonchev–Trinajstić information content (AvgIpc) is 2.85. The first-order valence-electron chi connectivity index (χ1n) is 11.4. The van der Waals surface area contributed by atoms with Crippen LogP contribution >= 0.6 is 0 Å². The number of rotatable bonds is 7. The summed E-state index contributed by atoms with van der Waals surface area (Å²) in [5.41, 5.74) is 7.60. The lowest BCUT2D eigenvalue weighted by molar-refractivity contribution is 0.317. The summed E-state index contributed by atoms with van der Waals surface area (Å²) in [4.78, 5) is 4.56. The minimum atomic E-state index is -3.25. The van der Waals surface area contributed by atoms with Gasteiger partial charge in [-0.25, -0.2) is 8.42 Å². The number of oxime groups is 1. The van der Waals surface area contributed by atoms with Crippen LogP contribution in [0.25, 0.3) is 11.1 Å². The molecule has 0 aliphatic rings. The van der Waals surface area contributed by atoms with E-state index < -0.39 is 9.84 Å². The van der Waals surface area contributed by atoms with Gasteiger partial charge < -0.3 is 5.21 Å². The Bertz CT molecular complexity index is 1480. The maximum Gasteiger partial charge on any atom is 0.175 e. The van der Waals surface area contributed by atoms with Crippen LogP contribution in [0.4, 0.5) is 0 Å². The molecule has 0 aliphatic heterocycles. The minimum Gasteiger partial charge on any atom is -0.411 e. The van der Waals surface area contributed by atoms with Crippen molar-refractivity contribution < 1.29 is 13.6 Å². The molecule has 0 amide bonds. The molecule has 0 aliphatic carbocycles. The highest BCUT2D eigenvalue weighted by atomic mass is 32.2. The number of sulfone groups is 1. The van der Waals surface area contributed by atoms with Gasteiger partial charge in [0.15, 0.2) is 9.84 Å². The third-order valence-corrected chi connectivity index (χ3v) is 7.35. The van der Waals surface area contributed by atoms with Gasteiger partial charge in [0.05, 0.1) is 10.6 Å². The highest BCUT2D eigenvalue weighted by molar-refractivity contribution is 7.90. The van der Waals surface area contributed by atoms with Crippen LogP contribution in [0.5, 0.6) is 0 Å². The normalized spacial score (nSPS) is 12.9. The lowest BCUT2D eigenvalue weighted by atomic mass is 9.82. The van der Waals surface area contributed by atoms with Crippen LogP contribution in [-0.2, 0) is 9.84 Å². The number of nitrogens with zero attached hydrogens (tertiary/aromatic N) is 2. The number of benzene rings is 3. The van der Waals surface area contributed by atoms with E-state index in [1.807, 2.05) is 55.5 Å². The van der Waals surface area contributed by atoms with Crippen molar-refractivity contribution >= 4 is 15.5 Å². The van der Waals surface area contributed by atoms with Gasteiger partial charge in [0.2, 0.25) is 0 Å². The molecule has 1 aromatic heterocycles. The summed E-state index contributed by atoms with van der Waals surface area (Å²) in [5, 5.41) is 13.6. The lowest BCUT2D eigenvalue weighted by Crippen LogP contribution is -2.12. The van der Waals surface area contributed by atoms with Crippen LogP contribution in [0.2, 0.25) is 0 Å². The maximum absolute atomic E-state index is 11.8. The van der Waals surface area contributed by atoms with Crippen molar-refractivity contribution in [1.29, 1.82) is 0 Å². The molecule has 0 spiro atoms. The molecule has 0 bridgehead atoms. The standard InChI is InChI=1S/C29H28N2O3S/c1-20-7-4-5-10-27(20)28(19-29(31-32)25-15-16-30-21(2)17-25)24-9-6-8-23(18-24)22-11-13-26(14-12-22)35(3,33)34/h4-18,28,32H,19H2,1-3H3/b31-29-. The van der Waals surface area contributed by atoms with Crippen molar-refractivity contribution in [3.63, 3.8) is 0 Å². The molecule has 1 atom stereocenters. The summed E-state index contributed by atoms with van der Waals surface area (Å²) in [7, 11) is -3.25. The van der Waals surface area contributed by atoms with Crippen molar-refractivity contribution in [2.45, 2.75) is 31.1 Å². The molecule has 4 aromatic rings. The molecule has 1 N–H and O–H groups in total. The van der Waals surface area contributed by atoms with Crippen molar-refractivity contribution in [3.8, 4) is 11.1 Å². The molecule has 0 saturated carbocycles. The molecule has 35 heavy (non-hydrogen) atoms. The predicted molar refractivity (Wildman–Crippen MR) is 140 cm³/mol. The first kappa shape index (κ1) is 24.4. The summed E-state index contributed by atoms with van der Waals surface area (Å²) in [6.07, 6.45) is 3.43. The van der Waals surface area contributed by atoms with Gasteiger partial charge in [0.1, 0.15) is 0 Å². The summed E-state index contributed by atoms with van der Waals surface area (Å²) in [5.74, 6) is -0.0502. The van der Waals surface area contributed by atoms with Gasteiger partial charge in [-0.1, -0.05) is 65.8 Å². The van der Waals surface area contributed by atoms with Crippen LogP contribution in [0.1, 0.15) is 40.3 Å². The summed E-state index contributed by atoms with van der Waals surface area (Å²) >= 11 is 0. The molecular weight excluding hydrogens is 456 g/mol. The first-order chi connectivity index (χ1) is 16.8. The summed E-state index contributed by atoms with van der Waals surface area (Å²) < 4.78 is 23.7. The van der Waals surface area contributed by atoms with Gasteiger partial charge in [0, 0.05) is 36.0 Å². The fourth-order valence-corrected chi connectivity index (χ4v) is 4.98. The van der Waals surface area contributed by atoms with E-state index in [2.05, 4.69) is 41.3 Å². The molecule has 3 aromatic carbocycles. The highest BCUT2D eigenvalue weighted by Gasteiger charge is 2.21. The Balaban J connectivity index is 1.76. The Morgan fingerprint density at radius 3 is 2.31 bits per heavy atom. The molecule has 4 rings (SSSR count). The Morgan fingerprint density at radius 1 is 0.914 bits per heavy atom. The van der Waals surface area contributed by atoms with Gasteiger partial charge in [-0.05, 0) is 65.9 Å². The second kappa shape index (κ2) is 10.2. The summed E-state index contributed by atoms with van der Waals surface area (Å²) in [6, 6.07) is 27.2. The van der Waals surface area contributed by atoms with E-state index in [1.54, 1.807) is 18.3 Å². The maximum atomic E-state index is 11.8. The van der Waals surface area contributed by atoms with E-state index >= 15 is 0 Å². The molecule has 5 nitrogen and oxygen atoms in total. The fraction of sp³-hybridized carbons (Fsp3) is 0.172. The fourth-order valence-electron chi connectivity index (χ4n) is 4.35. The van der Waals surface area contributed by atoms with E-state index in [1.165, 1.54) is 6.26 Å². The monoisotopic (exact) mass is 484 g/mol. The quantitative estimate of drug-likeness (QED) is 0.193. The number of hydrogen-bond donors (Lipinski definition) is 1. The minimum absolute atomic E-state index is 0.0502. The van der Waals surface area contributed by atoms with Gasteiger partial charge in [0.25, 0.3) is 0 Å². The zero-order valence-electron chi connectivity index (χ0n) is 20.0. The van der Waals surface area contributed by atoms with Crippen molar-refractivity contribution in [1.82, 2.24) is 4.98 Å². The number of hydrogen-bond acceptors (Lipinski definition) is 5. The third-order valence-electron chi connectivity index (χ3n) is 6.22. The van der Waals surface area contributed by atoms with E-state index in [9.17, 15) is 13.6 Å². The van der Waals surface area contributed by atoms with E-state index in [-0.39, 0.29) is 5.92 Å². The van der Waals surface area contributed by atoms with Gasteiger partial charge in [-0.3, -0.25) is 4.98 Å². The zero-order valence-corrected chi connectivity index (χ0v) is 20.8. The Labute approximate surface area is 206 Å². The molecule has 1 heterocycles. The molecule has 0 saturated heterocycles. The second-order valence-electron chi connectivity index (χ2n) is 8.77. The van der Waals surface area contributed by atoms with Crippen LogP contribution in [0, 0.1) is 13.8 Å². The van der Waals surface area contributed by atoms with Crippen LogP contribution in [-0.4, -0.2) is 30.6 Å². The zero-order chi connectivity index (χ0) is 25.0. The van der Waals surface area contributed by atoms with Crippen LogP contribution in [0.15, 0.2) is 101 Å². The Hall–Kier alpha value is -3.77. The second-order valence-corrected chi connectivity index (χ2v) is 10.8. The molecule has 0 radical (unpaired) electrons. The van der Waals surface area contributed by atoms with E-state index in [4.69, 9.17) is 0 Å². The largest absolute Gasteiger partial charge is 0.411 e. The third kappa shape index (κ3) is 5.66. The van der Waals surface area contributed by atoms with Crippen molar-refractivity contribution in [2.24, 2.45) is 5.16 Å². The van der Waals surface area contributed by atoms with Gasteiger partial charge in [-0.15, -0.1) is 0 Å². The highest BCUT2D eigenvalue weighted by Crippen LogP contribution is 2.34. The average molecular weight is 485 g/mol. The number of aromatic nitrogens is 1. The predicted octanol–water partition coefficient (Wildman–Crippen LogP) is 6.17. The Kier molecular flexibility index (Phi) is 7.12. The van der Waals surface area contributed by atoms with Crippen LogP contribution < -0.4 is 0 Å². The number of pyridine rings is 1. The van der Waals surface area contributed by atoms with Gasteiger partial charge in [-0.2, -0.15) is 0 Å². The number of aryl methyl sites for hydroxylation is 2. The molecule has 6 heteroatoms. The lowest BCUT2D eigenvalue weighted by Gasteiger charge is -2.22. The molecule has 0 fully saturated rings.